The Morgan fingerprint density at radius 1 is 0.271 bits per heavy atom. The van der Waals surface area contributed by atoms with Crippen LogP contribution in [0.25, 0.3) is 99.2 Å². The van der Waals surface area contributed by atoms with Crippen molar-refractivity contribution in [3.05, 3.63) is 267 Å². The molecule has 0 N–H and O–H groups in total. The molecule has 0 spiro atoms. The highest BCUT2D eigenvalue weighted by atomic mass is 28.3. The van der Waals surface area contributed by atoms with Gasteiger partial charge in [0.1, 0.15) is 11.2 Å². The first-order valence-electron chi connectivity index (χ1n) is 24.1. The lowest BCUT2D eigenvalue weighted by Crippen LogP contribution is -2.74. The van der Waals surface area contributed by atoms with Crippen molar-refractivity contribution < 1.29 is 4.42 Å². The van der Waals surface area contributed by atoms with Crippen molar-refractivity contribution in [2.24, 2.45) is 0 Å². The number of hydrogen-bond acceptors (Lipinski definition) is 1. The Balaban J connectivity index is 1.02. The van der Waals surface area contributed by atoms with Gasteiger partial charge in [-0.1, -0.05) is 206 Å². The van der Waals surface area contributed by atoms with Crippen LogP contribution in [0.4, 0.5) is 0 Å². The van der Waals surface area contributed by atoms with Crippen molar-refractivity contribution in [1.82, 2.24) is 9.13 Å². The van der Waals surface area contributed by atoms with Gasteiger partial charge in [-0.25, -0.2) is 0 Å². The Kier molecular flexibility index (Phi) is 9.23. The number of rotatable bonds is 8. The first kappa shape index (κ1) is 40.1. The van der Waals surface area contributed by atoms with E-state index in [9.17, 15) is 0 Å². The summed E-state index contributed by atoms with van der Waals surface area (Å²) < 4.78 is 12.1. The van der Waals surface area contributed by atoms with E-state index in [1.54, 1.807) is 0 Å². The molecule has 0 aliphatic carbocycles. The first-order chi connectivity index (χ1) is 34.7. The van der Waals surface area contributed by atoms with E-state index in [-0.39, 0.29) is 0 Å². The summed E-state index contributed by atoms with van der Waals surface area (Å²) in [6, 6.07) is 98.2. The van der Waals surface area contributed by atoms with Crippen LogP contribution in [0.1, 0.15) is 0 Å². The van der Waals surface area contributed by atoms with Gasteiger partial charge in [0.05, 0.1) is 22.1 Å². The second kappa shape index (κ2) is 16.1. The van der Waals surface area contributed by atoms with E-state index in [1.165, 1.54) is 81.1 Å². The standard InChI is InChI=1S/C66H44N2OSi/c1-4-18-45(19-5-1)47-34-38-52(39-35-47)70(51-23-8-3-9-24-51,65-33-17-29-57-59-42-48(46-20-6-2-7-21-46)36-41-64(59)69-66(57)65)53-25-16-22-49(43-53)67-62-32-15-12-28-56(62)58-44-50(37-40-63(58)67)68-60-30-13-10-26-54(60)55-27-11-14-31-61(55)68/h1-44H. The first-order valence-corrected chi connectivity index (χ1v) is 26.1. The number of fused-ring (bicyclic) bond motifs is 9. The molecule has 1 unspecified atom stereocenters. The van der Waals surface area contributed by atoms with Crippen LogP contribution in [0.15, 0.2) is 271 Å². The predicted molar refractivity (Wildman–Crippen MR) is 297 cm³/mol. The van der Waals surface area contributed by atoms with E-state index in [4.69, 9.17) is 4.42 Å². The molecule has 14 aromatic rings. The molecule has 3 nitrogen and oxygen atoms in total. The number of furan rings is 1. The lowest BCUT2D eigenvalue weighted by atomic mass is 10.0. The quantitative estimate of drug-likeness (QED) is 0.110. The van der Waals surface area contributed by atoms with Gasteiger partial charge < -0.3 is 13.6 Å². The number of para-hydroxylation sites is 4. The molecule has 3 aromatic heterocycles. The summed E-state index contributed by atoms with van der Waals surface area (Å²) >= 11 is 0. The average molecular weight is 909 g/mol. The van der Waals surface area contributed by atoms with Crippen molar-refractivity contribution >= 4 is 94.4 Å². The lowest BCUT2D eigenvalue weighted by molar-refractivity contribution is 0.671. The minimum absolute atomic E-state index is 0.886. The lowest BCUT2D eigenvalue weighted by Gasteiger charge is -2.34. The highest BCUT2D eigenvalue weighted by molar-refractivity contribution is 7.20. The van der Waals surface area contributed by atoms with Crippen LogP contribution in [-0.2, 0) is 0 Å². The summed E-state index contributed by atoms with van der Waals surface area (Å²) in [6.45, 7) is 0. The number of benzene rings is 11. The molecular formula is C66H44N2OSi. The second-order valence-electron chi connectivity index (χ2n) is 18.4. The van der Waals surface area contributed by atoms with Crippen LogP contribution in [0, 0.1) is 0 Å². The summed E-state index contributed by atoms with van der Waals surface area (Å²) in [5, 5.41) is 12.3. The fraction of sp³-hybridized carbons (Fsp3) is 0. The van der Waals surface area contributed by atoms with Gasteiger partial charge in [0.25, 0.3) is 0 Å². The zero-order chi connectivity index (χ0) is 46.2. The monoisotopic (exact) mass is 908 g/mol. The van der Waals surface area contributed by atoms with E-state index >= 15 is 0 Å². The molecule has 0 radical (unpaired) electrons. The molecule has 0 amide bonds. The summed E-state index contributed by atoms with van der Waals surface area (Å²) in [7, 11) is -3.22. The summed E-state index contributed by atoms with van der Waals surface area (Å²) in [6.07, 6.45) is 0. The molecule has 3 heterocycles. The molecule has 1 atom stereocenters. The molecule has 14 rings (SSSR count). The van der Waals surface area contributed by atoms with E-state index < -0.39 is 8.07 Å². The second-order valence-corrected chi connectivity index (χ2v) is 22.2. The van der Waals surface area contributed by atoms with Crippen molar-refractivity contribution in [1.29, 1.82) is 0 Å². The summed E-state index contributed by atoms with van der Waals surface area (Å²) in [5.74, 6) is 0. The molecule has 0 bridgehead atoms. The Morgan fingerprint density at radius 3 is 1.40 bits per heavy atom. The molecule has 70 heavy (non-hydrogen) atoms. The van der Waals surface area contributed by atoms with Gasteiger partial charge in [-0.2, -0.15) is 0 Å². The fourth-order valence-electron chi connectivity index (χ4n) is 11.6. The zero-order valence-electron chi connectivity index (χ0n) is 38.2. The van der Waals surface area contributed by atoms with Gasteiger partial charge in [-0.15, -0.1) is 0 Å². The van der Waals surface area contributed by atoms with Crippen LogP contribution in [0.5, 0.6) is 0 Å². The SMILES string of the molecule is c1ccc(-c2ccc([Si](c3ccccc3)(c3cccc(-n4c5ccccc5c5cc(-n6c7ccccc7c7ccccc76)ccc54)c3)c3cccc4c3oc3ccc(-c5ccccc5)cc34)cc2)cc1. The third kappa shape index (κ3) is 6.13. The Bertz CT molecular complexity index is 4230. The molecule has 0 aliphatic rings. The van der Waals surface area contributed by atoms with Gasteiger partial charge in [-0.3, -0.25) is 0 Å². The molecule has 0 saturated carbocycles. The Morgan fingerprint density at radius 2 is 0.743 bits per heavy atom. The third-order valence-electron chi connectivity index (χ3n) is 14.7. The molecule has 328 valence electrons. The molecular weight excluding hydrogens is 865 g/mol. The van der Waals surface area contributed by atoms with Crippen LogP contribution < -0.4 is 20.7 Å². The smallest absolute Gasteiger partial charge is 0.184 e. The minimum Gasteiger partial charge on any atom is -0.456 e. The Hall–Kier alpha value is -8.96. The highest BCUT2D eigenvalue weighted by Crippen LogP contribution is 2.38. The van der Waals surface area contributed by atoms with E-state index in [2.05, 4.69) is 276 Å². The largest absolute Gasteiger partial charge is 0.456 e. The molecule has 0 fully saturated rings. The fourth-order valence-corrected chi connectivity index (χ4v) is 16.4. The Labute approximate surface area is 406 Å². The molecule has 11 aromatic carbocycles. The minimum atomic E-state index is -3.22. The van der Waals surface area contributed by atoms with E-state index in [0.717, 1.165) is 38.8 Å². The maximum absolute atomic E-state index is 7.18. The topological polar surface area (TPSA) is 23.0 Å². The van der Waals surface area contributed by atoms with Crippen molar-refractivity contribution in [3.8, 4) is 33.6 Å². The maximum atomic E-state index is 7.18. The molecule has 0 saturated heterocycles. The number of nitrogens with zero attached hydrogens (tertiary/aromatic N) is 2. The van der Waals surface area contributed by atoms with Gasteiger partial charge in [0.15, 0.2) is 8.07 Å². The van der Waals surface area contributed by atoms with Crippen LogP contribution in [0.3, 0.4) is 0 Å². The van der Waals surface area contributed by atoms with Gasteiger partial charge in [0, 0.05) is 43.7 Å². The van der Waals surface area contributed by atoms with Crippen molar-refractivity contribution in [3.63, 3.8) is 0 Å². The third-order valence-corrected chi connectivity index (χ3v) is 19.4. The van der Waals surface area contributed by atoms with Crippen molar-refractivity contribution in [2.45, 2.75) is 0 Å². The van der Waals surface area contributed by atoms with Crippen molar-refractivity contribution in [2.75, 3.05) is 0 Å². The predicted octanol–water partition coefficient (Wildman–Crippen LogP) is 14.5. The summed E-state index contributed by atoms with van der Waals surface area (Å²) in [5.41, 5.74) is 13.6. The normalized spacial score (nSPS) is 12.7. The van der Waals surface area contributed by atoms with Crippen LogP contribution in [-0.4, -0.2) is 17.2 Å². The van der Waals surface area contributed by atoms with Gasteiger partial charge in [-0.05, 0) is 104 Å². The van der Waals surface area contributed by atoms with Gasteiger partial charge >= 0.3 is 0 Å². The van der Waals surface area contributed by atoms with Gasteiger partial charge in [0.2, 0.25) is 0 Å². The molecule has 0 aliphatic heterocycles. The zero-order valence-corrected chi connectivity index (χ0v) is 39.2. The summed E-state index contributed by atoms with van der Waals surface area (Å²) in [4.78, 5) is 0. The average Bonchev–Trinajstić information content (AvgIpc) is 4.10. The number of aromatic nitrogens is 2. The van der Waals surface area contributed by atoms with E-state index in [1.807, 2.05) is 0 Å². The van der Waals surface area contributed by atoms with E-state index in [0.29, 0.717) is 0 Å². The highest BCUT2D eigenvalue weighted by Gasteiger charge is 2.44. The molecule has 4 heteroatoms. The van der Waals surface area contributed by atoms with Crippen LogP contribution in [0.2, 0.25) is 0 Å². The van der Waals surface area contributed by atoms with Crippen LogP contribution >= 0.6 is 0 Å². The number of hydrogen-bond donors (Lipinski definition) is 0. The maximum Gasteiger partial charge on any atom is 0.184 e.